The van der Waals surface area contributed by atoms with Gasteiger partial charge in [0.05, 0.1) is 36.4 Å². The Labute approximate surface area is 194 Å². The molecule has 0 spiro atoms. The third kappa shape index (κ3) is 3.91. The Hall–Kier alpha value is -3.84. The lowest BCUT2D eigenvalue weighted by molar-refractivity contribution is -0.132. The first kappa shape index (κ1) is 22.4. The second-order valence-corrected chi connectivity index (χ2v) is 7.65. The van der Waals surface area contributed by atoms with Crippen LogP contribution in [0, 0.1) is 5.82 Å². The van der Waals surface area contributed by atoms with E-state index in [2.05, 4.69) is 0 Å². The lowest BCUT2D eigenvalue weighted by Gasteiger charge is -2.25. The van der Waals surface area contributed by atoms with E-state index in [0.717, 1.165) is 6.07 Å². The molecule has 1 heterocycles. The minimum Gasteiger partial charge on any atom is -0.507 e. The maximum absolute atomic E-state index is 13.8. The van der Waals surface area contributed by atoms with Crippen LogP contribution in [0.4, 0.5) is 10.1 Å². The van der Waals surface area contributed by atoms with Crippen molar-refractivity contribution in [2.24, 2.45) is 0 Å². The third-order valence-corrected chi connectivity index (χ3v) is 5.69. The standard InChI is InChI=1S/C25H19ClFNO5/c1-32-16-9-11-20(33-2)17(13-16)23(29)21-22(14-6-4-3-5-7-14)28(25(31)24(21)30)15-8-10-19(27)18(26)12-15/h3-13,22,29H,1-2H3/b23-21+. The number of Topliss-reactive ketones (excluding diaryl/α,β-unsaturated/α-hetero) is 1. The molecular weight excluding hydrogens is 449 g/mol. The summed E-state index contributed by atoms with van der Waals surface area (Å²) in [4.78, 5) is 27.5. The van der Waals surface area contributed by atoms with Crippen LogP contribution in [0.2, 0.25) is 5.02 Å². The Balaban J connectivity index is 1.98. The maximum Gasteiger partial charge on any atom is 0.300 e. The Kier molecular flexibility index (Phi) is 6.07. The Morgan fingerprint density at radius 2 is 1.73 bits per heavy atom. The van der Waals surface area contributed by atoms with E-state index in [0.29, 0.717) is 11.3 Å². The van der Waals surface area contributed by atoms with Crippen LogP contribution in [-0.4, -0.2) is 31.0 Å². The number of carbonyl (C=O) groups is 2. The minimum absolute atomic E-state index is 0.141. The van der Waals surface area contributed by atoms with Gasteiger partial charge in [0.25, 0.3) is 11.7 Å². The molecule has 1 aliphatic rings. The molecule has 3 aromatic rings. The summed E-state index contributed by atoms with van der Waals surface area (Å²) in [5.41, 5.74) is 0.834. The fraction of sp³-hybridized carbons (Fsp3) is 0.120. The number of anilines is 1. The molecule has 0 saturated carbocycles. The van der Waals surface area contributed by atoms with Gasteiger partial charge in [-0.3, -0.25) is 14.5 Å². The van der Waals surface area contributed by atoms with Gasteiger partial charge in [0.15, 0.2) is 0 Å². The van der Waals surface area contributed by atoms with Crippen molar-refractivity contribution in [1.29, 1.82) is 0 Å². The highest BCUT2D eigenvalue weighted by molar-refractivity contribution is 6.51. The topological polar surface area (TPSA) is 76.1 Å². The van der Waals surface area contributed by atoms with Gasteiger partial charge in [-0.1, -0.05) is 41.9 Å². The van der Waals surface area contributed by atoms with Crippen LogP contribution >= 0.6 is 11.6 Å². The van der Waals surface area contributed by atoms with E-state index in [9.17, 15) is 19.1 Å². The molecule has 1 saturated heterocycles. The molecule has 33 heavy (non-hydrogen) atoms. The highest BCUT2D eigenvalue weighted by atomic mass is 35.5. The van der Waals surface area contributed by atoms with Crippen molar-refractivity contribution < 1.29 is 28.6 Å². The number of nitrogens with zero attached hydrogens (tertiary/aromatic N) is 1. The van der Waals surface area contributed by atoms with Crippen molar-refractivity contribution >= 4 is 34.7 Å². The van der Waals surface area contributed by atoms with Crippen molar-refractivity contribution in [3.63, 3.8) is 0 Å². The predicted octanol–water partition coefficient (Wildman–Crippen LogP) is 5.12. The molecule has 168 valence electrons. The van der Waals surface area contributed by atoms with E-state index in [4.69, 9.17) is 21.1 Å². The zero-order valence-corrected chi connectivity index (χ0v) is 18.5. The zero-order chi connectivity index (χ0) is 23.7. The Bertz CT molecular complexity index is 1280. The van der Waals surface area contributed by atoms with Gasteiger partial charge in [-0.25, -0.2) is 4.39 Å². The molecule has 0 aromatic heterocycles. The first-order valence-electron chi connectivity index (χ1n) is 9.90. The van der Waals surface area contributed by atoms with Crippen LogP contribution in [0.5, 0.6) is 11.5 Å². The molecule has 4 rings (SSSR count). The van der Waals surface area contributed by atoms with Crippen LogP contribution in [0.3, 0.4) is 0 Å². The van der Waals surface area contributed by atoms with Crippen molar-refractivity contribution in [2.45, 2.75) is 6.04 Å². The normalized spacial score (nSPS) is 17.3. The highest BCUT2D eigenvalue weighted by Gasteiger charge is 2.47. The van der Waals surface area contributed by atoms with Gasteiger partial charge in [-0.2, -0.15) is 0 Å². The lowest BCUT2D eigenvalue weighted by Crippen LogP contribution is -2.29. The summed E-state index contributed by atoms with van der Waals surface area (Å²) in [5.74, 6) is -2.14. The summed E-state index contributed by atoms with van der Waals surface area (Å²) in [6, 6.07) is 16.2. The monoisotopic (exact) mass is 467 g/mol. The lowest BCUT2D eigenvalue weighted by atomic mass is 9.94. The first-order chi connectivity index (χ1) is 15.9. The van der Waals surface area contributed by atoms with Gasteiger partial charge in [-0.15, -0.1) is 0 Å². The summed E-state index contributed by atoms with van der Waals surface area (Å²) in [7, 11) is 2.89. The van der Waals surface area contributed by atoms with Gasteiger partial charge in [0.2, 0.25) is 0 Å². The van der Waals surface area contributed by atoms with Gasteiger partial charge >= 0.3 is 0 Å². The predicted molar refractivity (Wildman–Crippen MR) is 122 cm³/mol. The number of aliphatic hydroxyl groups excluding tert-OH is 1. The molecule has 1 amide bonds. The first-order valence-corrected chi connectivity index (χ1v) is 10.3. The molecule has 1 N–H and O–H groups in total. The van der Waals surface area contributed by atoms with Gasteiger partial charge in [0, 0.05) is 5.69 Å². The van der Waals surface area contributed by atoms with E-state index < -0.39 is 29.3 Å². The van der Waals surface area contributed by atoms with Crippen LogP contribution in [0.1, 0.15) is 17.2 Å². The molecule has 1 fully saturated rings. The molecule has 6 nitrogen and oxygen atoms in total. The largest absolute Gasteiger partial charge is 0.507 e. The van der Waals surface area contributed by atoms with Gasteiger partial charge < -0.3 is 14.6 Å². The number of ketones is 1. The van der Waals surface area contributed by atoms with Crippen molar-refractivity contribution in [3.05, 3.63) is 94.3 Å². The third-order valence-electron chi connectivity index (χ3n) is 5.40. The van der Waals surface area contributed by atoms with Crippen molar-refractivity contribution in [3.8, 4) is 11.5 Å². The van der Waals surface area contributed by atoms with Crippen LogP contribution < -0.4 is 14.4 Å². The van der Waals surface area contributed by atoms with E-state index in [-0.39, 0.29) is 27.6 Å². The van der Waals surface area contributed by atoms with Gasteiger partial charge in [0.1, 0.15) is 23.1 Å². The van der Waals surface area contributed by atoms with E-state index in [1.807, 2.05) is 0 Å². The van der Waals surface area contributed by atoms with E-state index in [1.54, 1.807) is 42.5 Å². The zero-order valence-electron chi connectivity index (χ0n) is 17.7. The number of aliphatic hydroxyl groups is 1. The number of carbonyl (C=O) groups excluding carboxylic acids is 2. The summed E-state index contributed by atoms with van der Waals surface area (Å²) < 4.78 is 24.4. The number of hydrogen-bond donors (Lipinski definition) is 1. The van der Waals surface area contributed by atoms with Crippen LogP contribution in [-0.2, 0) is 9.59 Å². The van der Waals surface area contributed by atoms with Crippen molar-refractivity contribution in [2.75, 3.05) is 19.1 Å². The molecule has 1 unspecified atom stereocenters. The highest BCUT2D eigenvalue weighted by Crippen LogP contribution is 2.44. The number of rotatable bonds is 5. The molecule has 0 aliphatic carbocycles. The molecule has 1 aliphatic heterocycles. The number of methoxy groups -OCH3 is 2. The fourth-order valence-corrected chi connectivity index (χ4v) is 4.00. The molecular formula is C25H19ClFNO5. The van der Waals surface area contributed by atoms with Gasteiger partial charge in [-0.05, 0) is 42.0 Å². The smallest absolute Gasteiger partial charge is 0.300 e. The average molecular weight is 468 g/mol. The van der Waals surface area contributed by atoms with E-state index in [1.165, 1.54) is 37.3 Å². The number of halogens is 2. The van der Waals surface area contributed by atoms with Crippen molar-refractivity contribution in [1.82, 2.24) is 0 Å². The second kappa shape index (κ2) is 8.96. The van der Waals surface area contributed by atoms with Crippen LogP contribution in [0.25, 0.3) is 5.76 Å². The second-order valence-electron chi connectivity index (χ2n) is 7.24. The Morgan fingerprint density at radius 3 is 2.36 bits per heavy atom. The SMILES string of the molecule is COc1ccc(OC)c(/C(O)=C2\C(=O)C(=O)N(c3ccc(F)c(Cl)c3)C2c2ccccc2)c1. The molecule has 0 bridgehead atoms. The molecule has 8 heteroatoms. The number of hydrogen-bond acceptors (Lipinski definition) is 5. The molecule has 0 radical (unpaired) electrons. The van der Waals surface area contributed by atoms with E-state index >= 15 is 0 Å². The summed E-state index contributed by atoms with van der Waals surface area (Å²) in [5, 5.41) is 11.1. The quantitative estimate of drug-likeness (QED) is 0.320. The van der Waals surface area contributed by atoms with Crippen LogP contribution in [0.15, 0.2) is 72.3 Å². The average Bonchev–Trinajstić information content (AvgIpc) is 3.11. The number of amides is 1. The fourth-order valence-electron chi connectivity index (χ4n) is 3.83. The number of ether oxygens (including phenoxy) is 2. The summed E-state index contributed by atoms with van der Waals surface area (Å²) in [6.45, 7) is 0. The summed E-state index contributed by atoms with van der Waals surface area (Å²) in [6.07, 6.45) is 0. The maximum atomic E-state index is 13.8. The summed E-state index contributed by atoms with van der Waals surface area (Å²) >= 11 is 5.95. The molecule has 1 atom stereocenters. The Morgan fingerprint density at radius 1 is 1.00 bits per heavy atom. The number of benzene rings is 3. The molecule has 3 aromatic carbocycles. The minimum atomic E-state index is -0.983.